The minimum absolute atomic E-state index is 0.116. The van der Waals surface area contributed by atoms with E-state index in [1.54, 1.807) is 41.3 Å². The standard InChI is InChI=1S/C20H20FNO4/c21-18-7-2-1-6-17(18)14-8-10-22(11-9-14)20(25)15-4-3-5-16(12-15)26-13-19(23)24/h1-7,12,14H,8-11,13H2,(H,23,24). The number of carboxylic acids is 1. The number of aliphatic carboxylic acids is 1. The summed E-state index contributed by atoms with van der Waals surface area (Å²) in [5, 5.41) is 8.67. The first kappa shape index (κ1) is 17.9. The Morgan fingerprint density at radius 2 is 1.85 bits per heavy atom. The molecule has 0 saturated carbocycles. The van der Waals surface area contributed by atoms with Crippen molar-refractivity contribution in [2.24, 2.45) is 0 Å². The summed E-state index contributed by atoms with van der Waals surface area (Å²) in [4.78, 5) is 25.0. The highest BCUT2D eigenvalue weighted by atomic mass is 19.1. The summed E-state index contributed by atoms with van der Waals surface area (Å²) in [5.74, 6) is -0.930. The van der Waals surface area contributed by atoms with Gasteiger partial charge in [-0.25, -0.2) is 9.18 Å². The Kier molecular flexibility index (Phi) is 5.51. The Morgan fingerprint density at radius 1 is 1.12 bits per heavy atom. The Hall–Kier alpha value is -2.89. The maximum absolute atomic E-state index is 13.9. The van der Waals surface area contributed by atoms with Crippen LogP contribution in [0.25, 0.3) is 0 Å². The van der Waals surface area contributed by atoms with Gasteiger partial charge in [-0.2, -0.15) is 0 Å². The number of piperidine rings is 1. The Labute approximate surface area is 151 Å². The number of carbonyl (C=O) groups excluding carboxylic acids is 1. The van der Waals surface area contributed by atoms with E-state index in [1.807, 2.05) is 6.07 Å². The van der Waals surface area contributed by atoms with Gasteiger partial charge in [0.2, 0.25) is 0 Å². The zero-order chi connectivity index (χ0) is 18.5. The summed E-state index contributed by atoms with van der Waals surface area (Å²) in [6.45, 7) is 0.655. The number of carbonyl (C=O) groups is 2. The molecule has 0 aliphatic carbocycles. The van der Waals surface area contributed by atoms with E-state index in [0.717, 1.165) is 0 Å². The van der Waals surface area contributed by atoms with Gasteiger partial charge in [0.15, 0.2) is 6.61 Å². The molecule has 0 radical (unpaired) electrons. The largest absolute Gasteiger partial charge is 0.482 e. The molecule has 1 aliphatic heterocycles. The van der Waals surface area contributed by atoms with Crippen LogP contribution in [0.5, 0.6) is 5.75 Å². The minimum Gasteiger partial charge on any atom is -0.482 e. The first-order chi connectivity index (χ1) is 12.5. The van der Waals surface area contributed by atoms with E-state index >= 15 is 0 Å². The molecule has 1 N–H and O–H groups in total. The van der Waals surface area contributed by atoms with E-state index < -0.39 is 12.6 Å². The lowest BCUT2D eigenvalue weighted by atomic mass is 9.89. The molecule has 26 heavy (non-hydrogen) atoms. The number of amides is 1. The zero-order valence-electron chi connectivity index (χ0n) is 14.2. The van der Waals surface area contributed by atoms with Crippen LogP contribution < -0.4 is 4.74 Å². The van der Waals surface area contributed by atoms with Crippen LogP contribution in [-0.2, 0) is 4.79 Å². The smallest absolute Gasteiger partial charge is 0.341 e. The lowest BCUT2D eigenvalue weighted by Crippen LogP contribution is -2.38. The first-order valence-electron chi connectivity index (χ1n) is 8.53. The summed E-state index contributed by atoms with van der Waals surface area (Å²) >= 11 is 0. The van der Waals surface area contributed by atoms with Crippen molar-refractivity contribution >= 4 is 11.9 Å². The Bertz CT molecular complexity index is 800. The van der Waals surface area contributed by atoms with Gasteiger partial charge in [-0.3, -0.25) is 4.79 Å². The quantitative estimate of drug-likeness (QED) is 0.892. The molecule has 1 saturated heterocycles. The first-order valence-corrected chi connectivity index (χ1v) is 8.53. The van der Waals surface area contributed by atoms with Crippen molar-refractivity contribution in [2.75, 3.05) is 19.7 Å². The highest BCUT2D eigenvalue weighted by Gasteiger charge is 2.26. The third-order valence-corrected chi connectivity index (χ3v) is 4.57. The monoisotopic (exact) mass is 357 g/mol. The van der Waals surface area contributed by atoms with E-state index in [9.17, 15) is 14.0 Å². The molecule has 0 unspecified atom stereocenters. The van der Waals surface area contributed by atoms with Crippen molar-refractivity contribution in [3.05, 3.63) is 65.5 Å². The minimum atomic E-state index is -1.07. The highest BCUT2D eigenvalue weighted by molar-refractivity contribution is 5.94. The van der Waals surface area contributed by atoms with Gasteiger partial charge in [-0.15, -0.1) is 0 Å². The van der Waals surface area contributed by atoms with Gasteiger partial charge in [0.25, 0.3) is 5.91 Å². The number of nitrogens with zero attached hydrogens (tertiary/aromatic N) is 1. The molecule has 6 heteroatoms. The fourth-order valence-corrected chi connectivity index (χ4v) is 3.25. The normalized spacial score (nSPS) is 14.9. The average molecular weight is 357 g/mol. The van der Waals surface area contributed by atoms with Gasteiger partial charge in [0.05, 0.1) is 0 Å². The SMILES string of the molecule is O=C(O)COc1cccc(C(=O)N2CCC(c3ccccc3F)CC2)c1. The number of hydrogen-bond donors (Lipinski definition) is 1. The summed E-state index contributed by atoms with van der Waals surface area (Å²) in [5.41, 5.74) is 1.17. The molecule has 1 heterocycles. The fourth-order valence-electron chi connectivity index (χ4n) is 3.25. The molecule has 5 nitrogen and oxygen atoms in total. The van der Waals surface area contributed by atoms with Crippen LogP contribution in [0.15, 0.2) is 48.5 Å². The van der Waals surface area contributed by atoms with Crippen molar-refractivity contribution in [3.8, 4) is 5.75 Å². The van der Waals surface area contributed by atoms with E-state index in [2.05, 4.69) is 0 Å². The molecule has 0 atom stereocenters. The van der Waals surface area contributed by atoms with Crippen LogP contribution >= 0.6 is 0 Å². The fraction of sp³-hybridized carbons (Fsp3) is 0.300. The second-order valence-corrected chi connectivity index (χ2v) is 6.30. The van der Waals surface area contributed by atoms with Gasteiger partial charge >= 0.3 is 5.97 Å². The maximum atomic E-state index is 13.9. The predicted molar refractivity (Wildman–Crippen MR) is 93.9 cm³/mol. The van der Waals surface area contributed by atoms with E-state index in [-0.39, 0.29) is 17.6 Å². The third kappa shape index (κ3) is 4.20. The molecule has 2 aromatic rings. The summed E-state index contributed by atoms with van der Waals surface area (Å²) in [6.07, 6.45) is 1.42. The van der Waals surface area contributed by atoms with Crippen LogP contribution in [0.4, 0.5) is 4.39 Å². The van der Waals surface area contributed by atoms with Gasteiger partial charge in [-0.05, 0) is 48.6 Å². The number of benzene rings is 2. The van der Waals surface area contributed by atoms with Crippen LogP contribution in [0.3, 0.4) is 0 Å². The van der Waals surface area contributed by atoms with Gasteiger partial charge in [0, 0.05) is 18.7 Å². The van der Waals surface area contributed by atoms with Crippen LogP contribution in [-0.4, -0.2) is 41.6 Å². The van der Waals surface area contributed by atoms with Crippen LogP contribution in [0.2, 0.25) is 0 Å². The Morgan fingerprint density at radius 3 is 2.54 bits per heavy atom. The van der Waals surface area contributed by atoms with Crippen molar-refractivity contribution in [1.29, 1.82) is 0 Å². The molecule has 1 aliphatic rings. The number of rotatable bonds is 5. The van der Waals surface area contributed by atoms with E-state index in [4.69, 9.17) is 9.84 Å². The highest BCUT2D eigenvalue weighted by Crippen LogP contribution is 2.30. The second-order valence-electron chi connectivity index (χ2n) is 6.30. The van der Waals surface area contributed by atoms with Gasteiger partial charge in [0.1, 0.15) is 11.6 Å². The molecule has 0 aromatic heterocycles. The van der Waals surface area contributed by atoms with E-state index in [1.165, 1.54) is 6.07 Å². The predicted octanol–water partition coefficient (Wildman–Crippen LogP) is 3.31. The van der Waals surface area contributed by atoms with E-state index in [0.29, 0.717) is 42.8 Å². The number of ether oxygens (including phenoxy) is 1. The summed E-state index contributed by atoms with van der Waals surface area (Å²) in [6, 6.07) is 13.3. The van der Waals surface area contributed by atoms with Gasteiger partial charge < -0.3 is 14.7 Å². The lowest BCUT2D eigenvalue weighted by molar-refractivity contribution is -0.139. The number of carboxylic acid groups (broad SMARTS) is 1. The molecule has 0 bridgehead atoms. The van der Waals surface area contributed by atoms with Crippen molar-refractivity contribution < 1.29 is 23.8 Å². The van der Waals surface area contributed by atoms with Crippen LogP contribution in [0, 0.1) is 5.82 Å². The molecular weight excluding hydrogens is 337 g/mol. The summed E-state index contributed by atoms with van der Waals surface area (Å²) < 4.78 is 19.1. The molecule has 1 amide bonds. The average Bonchev–Trinajstić information content (AvgIpc) is 2.66. The third-order valence-electron chi connectivity index (χ3n) is 4.57. The molecule has 0 spiro atoms. The lowest BCUT2D eigenvalue weighted by Gasteiger charge is -2.32. The molecule has 1 fully saturated rings. The van der Waals surface area contributed by atoms with Crippen molar-refractivity contribution in [1.82, 2.24) is 4.90 Å². The summed E-state index contributed by atoms with van der Waals surface area (Å²) in [7, 11) is 0. The molecular formula is C20H20FNO4. The molecule has 136 valence electrons. The zero-order valence-corrected chi connectivity index (χ0v) is 14.2. The number of hydrogen-bond acceptors (Lipinski definition) is 3. The second kappa shape index (κ2) is 7.99. The van der Waals surface area contributed by atoms with Crippen molar-refractivity contribution in [2.45, 2.75) is 18.8 Å². The van der Waals surface area contributed by atoms with Gasteiger partial charge in [-0.1, -0.05) is 24.3 Å². The van der Waals surface area contributed by atoms with Crippen molar-refractivity contribution in [3.63, 3.8) is 0 Å². The number of likely N-dealkylation sites (tertiary alicyclic amines) is 1. The van der Waals surface area contributed by atoms with Crippen LogP contribution in [0.1, 0.15) is 34.7 Å². The molecule has 3 rings (SSSR count). The number of halogens is 1. The molecule has 2 aromatic carbocycles. The maximum Gasteiger partial charge on any atom is 0.341 e. The topological polar surface area (TPSA) is 66.8 Å². The Balaban J connectivity index is 1.62.